The Labute approximate surface area is 198 Å². The van der Waals surface area contributed by atoms with E-state index in [0.29, 0.717) is 20.9 Å². The van der Waals surface area contributed by atoms with Crippen molar-refractivity contribution in [3.63, 3.8) is 0 Å². The highest BCUT2D eigenvalue weighted by Crippen LogP contribution is 2.45. The standard InChI is InChI=1S/C22H12N2O4S4/c1-23-19(25)9-7-15(31-17(9)21(23)27)13-5-3-11(29-13)12-4-6-14(30-12)16-8-10-18(32-16)22(28)24(2)20(10)26/h3-8H,1-2H3. The quantitative estimate of drug-likeness (QED) is 0.357. The second-order valence-electron chi connectivity index (χ2n) is 7.37. The van der Waals surface area contributed by atoms with Crippen LogP contribution < -0.4 is 0 Å². The van der Waals surface area contributed by atoms with Gasteiger partial charge in [0.1, 0.15) is 9.75 Å². The maximum absolute atomic E-state index is 12.2. The fraction of sp³-hybridized carbons (Fsp3) is 0.0909. The van der Waals surface area contributed by atoms with Gasteiger partial charge < -0.3 is 0 Å². The second-order valence-corrected chi connectivity index (χ2v) is 11.6. The van der Waals surface area contributed by atoms with E-state index in [1.165, 1.54) is 36.8 Å². The molecule has 0 N–H and O–H groups in total. The number of hydrogen-bond acceptors (Lipinski definition) is 8. The molecule has 4 amide bonds. The minimum atomic E-state index is -0.252. The Bertz CT molecular complexity index is 1320. The van der Waals surface area contributed by atoms with Crippen LogP contribution in [0, 0.1) is 0 Å². The van der Waals surface area contributed by atoms with E-state index in [4.69, 9.17) is 0 Å². The minimum absolute atomic E-state index is 0.244. The van der Waals surface area contributed by atoms with Crippen LogP contribution in [-0.2, 0) is 0 Å². The molecule has 32 heavy (non-hydrogen) atoms. The van der Waals surface area contributed by atoms with Gasteiger partial charge in [-0.05, 0) is 36.4 Å². The molecule has 0 unspecified atom stereocenters. The van der Waals surface area contributed by atoms with Gasteiger partial charge in [-0.1, -0.05) is 0 Å². The van der Waals surface area contributed by atoms with Crippen LogP contribution in [0.25, 0.3) is 29.3 Å². The lowest BCUT2D eigenvalue weighted by atomic mass is 10.2. The number of imide groups is 2. The molecule has 0 aliphatic carbocycles. The number of thiophene rings is 4. The van der Waals surface area contributed by atoms with Gasteiger partial charge in [0.15, 0.2) is 0 Å². The number of carbonyl (C=O) groups is 4. The molecule has 0 fully saturated rings. The first kappa shape index (κ1) is 19.7. The smallest absolute Gasteiger partial charge is 0.271 e. The number of rotatable bonds is 3. The Hall–Kier alpha value is -2.92. The van der Waals surface area contributed by atoms with Crippen molar-refractivity contribution in [3.8, 4) is 29.3 Å². The molecule has 0 saturated heterocycles. The number of amides is 4. The van der Waals surface area contributed by atoms with Crippen LogP contribution in [0.3, 0.4) is 0 Å². The fourth-order valence-corrected chi connectivity index (χ4v) is 8.23. The highest BCUT2D eigenvalue weighted by Gasteiger charge is 2.36. The Morgan fingerprint density at radius 2 is 0.844 bits per heavy atom. The summed E-state index contributed by atoms with van der Waals surface area (Å²) < 4.78 is 0. The molecule has 6 rings (SSSR count). The van der Waals surface area contributed by atoms with Gasteiger partial charge in [-0.2, -0.15) is 0 Å². The van der Waals surface area contributed by atoms with E-state index in [-0.39, 0.29) is 23.6 Å². The lowest BCUT2D eigenvalue weighted by Gasteiger charge is -2.04. The number of nitrogens with zero attached hydrogens (tertiary/aromatic N) is 2. The van der Waals surface area contributed by atoms with Crippen LogP contribution in [0.4, 0.5) is 0 Å². The van der Waals surface area contributed by atoms with Crippen molar-refractivity contribution in [3.05, 3.63) is 57.3 Å². The summed E-state index contributed by atoms with van der Waals surface area (Å²) in [5.74, 6) is -0.991. The molecule has 0 radical (unpaired) electrons. The largest absolute Gasteiger partial charge is 0.277 e. The van der Waals surface area contributed by atoms with Gasteiger partial charge in [-0.15, -0.1) is 45.3 Å². The zero-order valence-electron chi connectivity index (χ0n) is 16.6. The predicted molar refractivity (Wildman–Crippen MR) is 127 cm³/mol. The molecular weight excluding hydrogens is 485 g/mol. The van der Waals surface area contributed by atoms with Gasteiger partial charge in [0.2, 0.25) is 0 Å². The first-order chi connectivity index (χ1) is 15.3. The summed E-state index contributed by atoms with van der Waals surface area (Å²) in [6, 6.07) is 11.7. The maximum Gasteiger partial charge on any atom is 0.271 e. The Morgan fingerprint density at radius 1 is 0.500 bits per heavy atom. The van der Waals surface area contributed by atoms with E-state index in [1.807, 2.05) is 24.3 Å². The zero-order chi connectivity index (χ0) is 22.3. The highest BCUT2D eigenvalue weighted by molar-refractivity contribution is 7.29. The van der Waals surface area contributed by atoms with E-state index < -0.39 is 0 Å². The number of hydrogen-bond donors (Lipinski definition) is 0. The van der Waals surface area contributed by atoms with Gasteiger partial charge in [-0.3, -0.25) is 29.0 Å². The van der Waals surface area contributed by atoms with E-state index in [2.05, 4.69) is 0 Å². The maximum atomic E-state index is 12.2. The topological polar surface area (TPSA) is 74.8 Å². The molecule has 4 aromatic rings. The van der Waals surface area contributed by atoms with Gasteiger partial charge in [-0.25, -0.2) is 0 Å². The van der Waals surface area contributed by atoms with Crippen molar-refractivity contribution in [1.29, 1.82) is 0 Å². The fourth-order valence-electron chi connectivity index (χ4n) is 3.72. The monoisotopic (exact) mass is 496 g/mol. The summed E-state index contributed by atoms with van der Waals surface area (Å²) in [4.78, 5) is 58.1. The second kappa shape index (κ2) is 6.79. The highest BCUT2D eigenvalue weighted by atomic mass is 32.1. The van der Waals surface area contributed by atoms with Crippen LogP contribution in [0.1, 0.15) is 40.1 Å². The average Bonchev–Trinajstić information content (AvgIpc) is 3.60. The van der Waals surface area contributed by atoms with E-state index in [0.717, 1.165) is 39.1 Å². The molecule has 2 aliphatic rings. The van der Waals surface area contributed by atoms with Crippen LogP contribution in [0.2, 0.25) is 0 Å². The van der Waals surface area contributed by atoms with Crippen molar-refractivity contribution in [1.82, 2.24) is 9.80 Å². The molecule has 0 aromatic carbocycles. The van der Waals surface area contributed by atoms with Crippen molar-refractivity contribution >= 4 is 69.0 Å². The summed E-state index contributed by atoms with van der Waals surface area (Å²) in [6.45, 7) is 0. The Morgan fingerprint density at radius 3 is 1.19 bits per heavy atom. The summed E-state index contributed by atoms with van der Waals surface area (Å²) >= 11 is 5.91. The van der Waals surface area contributed by atoms with Crippen LogP contribution in [0.5, 0.6) is 0 Å². The predicted octanol–water partition coefficient (Wildman–Crippen LogP) is 5.39. The van der Waals surface area contributed by atoms with E-state index >= 15 is 0 Å². The third-order valence-electron chi connectivity index (χ3n) is 5.47. The SMILES string of the molecule is CN1C(=O)c2cc(-c3ccc(-c4ccc(-c5cc6c(s5)C(=O)N(C)C6=O)s4)s3)sc2C1=O. The summed E-state index contributed by atoms with van der Waals surface area (Å²) in [7, 11) is 3.00. The summed E-state index contributed by atoms with van der Waals surface area (Å²) in [5.41, 5.74) is 0.956. The van der Waals surface area contributed by atoms with E-state index in [9.17, 15) is 19.2 Å². The van der Waals surface area contributed by atoms with Crippen LogP contribution >= 0.6 is 45.3 Å². The first-order valence-corrected chi connectivity index (χ1v) is 12.7. The number of fused-ring (bicyclic) bond motifs is 2. The van der Waals surface area contributed by atoms with Gasteiger partial charge in [0, 0.05) is 43.4 Å². The lowest BCUT2D eigenvalue weighted by Crippen LogP contribution is -2.24. The van der Waals surface area contributed by atoms with Crippen molar-refractivity contribution < 1.29 is 19.2 Å². The average molecular weight is 497 g/mol. The third-order valence-corrected chi connectivity index (χ3v) is 10.5. The molecule has 0 atom stereocenters. The zero-order valence-corrected chi connectivity index (χ0v) is 19.9. The normalized spacial score (nSPS) is 15.3. The minimum Gasteiger partial charge on any atom is -0.277 e. The van der Waals surface area contributed by atoms with Crippen molar-refractivity contribution in [2.24, 2.45) is 0 Å². The van der Waals surface area contributed by atoms with Gasteiger partial charge in [0.05, 0.1) is 11.1 Å². The van der Waals surface area contributed by atoms with E-state index in [1.54, 1.807) is 34.8 Å². The van der Waals surface area contributed by atoms with Crippen LogP contribution in [-0.4, -0.2) is 47.5 Å². The molecule has 158 valence electrons. The number of carbonyl (C=O) groups excluding carboxylic acids is 4. The van der Waals surface area contributed by atoms with Crippen molar-refractivity contribution in [2.75, 3.05) is 14.1 Å². The summed E-state index contributed by atoms with van der Waals surface area (Å²) in [5, 5.41) is 0. The lowest BCUT2D eigenvalue weighted by molar-refractivity contribution is 0.0679. The van der Waals surface area contributed by atoms with Crippen LogP contribution in [0.15, 0.2) is 36.4 Å². The molecule has 0 bridgehead atoms. The molecule has 0 saturated carbocycles. The molecular formula is C22H12N2O4S4. The van der Waals surface area contributed by atoms with Crippen molar-refractivity contribution in [2.45, 2.75) is 0 Å². The molecule has 6 nitrogen and oxygen atoms in total. The Balaban J connectivity index is 1.30. The van der Waals surface area contributed by atoms with Gasteiger partial charge in [0.25, 0.3) is 23.6 Å². The van der Waals surface area contributed by atoms with Gasteiger partial charge >= 0.3 is 0 Å². The third kappa shape index (κ3) is 2.67. The molecule has 6 heterocycles. The molecule has 0 spiro atoms. The first-order valence-electron chi connectivity index (χ1n) is 9.46. The Kier molecular flexibility index (Phi) is 4.19. The molecule has 10 heteroatoms. The molecule has 4 aromatic heterocycles. The molecule has 2 aliphatic heterocycles. The summed E-state index contributed by atoms with van der Waals surface area (Å²) in [6.07, 6.45) is 0.